The van der Waals surface area contributed by atoms with Crippen molar-refractivity contribution in [3.8, 4) is 0 Å². The van der Waals surface area contributed by atoms with Crippen molar-refractivity contribution in [2.45, 2.75) is 6.54 Å². The van der Waals surface area contributed by atoms with Gasteiger partial charge in [0.25, 0.3) is 0 Å². The third-order valence-electron chi connectivity index (χ3n) is 2.02. The lowest BCUT2D eigenvalue weighted by Crippen LogP contribution is -2.12. The predicted molar refractivity (Wildman–Crippen MR) is 72.7 cm³/mol. The van der Waals surface area contributed by atoms with Gasteiger partial charge in [0.05, 0.1) is 46.0 Å². The number of aromatic nitrogens is 2. The van der Waals surface area contributed by atoms with Gasteiger partial charge < -0.3 is 18.8 Å². The molecule has 0 radical (unpaired) electrons. The molecule has 0 aliphatic rings. The zero-order valence-electron chi connectivity index (χ0n) is 10.3. The molecule has 0 aliphatic heterocycles. The van der Waals surface area contributed by atoms with Crippen molar-refractivity contribution in [2.24, 2.45) is 0 Å². The van der Waals surface area contributed by atoms with Crippen molar-refractivity contribution >= 4 is 24.0 Å². The molecule has 18 heavy (non-hydrogen) atoms. The van der Waals surface area contributed by atoms with Crippen LogP contribution in [0.1, 0.15) is 0 Å². The lowest BCUT2D eigenvalue weighted by Gasteiger charge is -2.06. The van der Waals surface area contributed by atoms with Crippen LogP contribution >= 0.6 is 24.0 Å². The highest BCUT2D eigenvalue weighted by Gasteiger charge is 1.92. The minimum Gasteiger partial charge on any atom is -0.378 e. The van der Waals surface area contributed by atoms with Crippen LogP contribution in [0, 0.1) is 0 Å². The third-order valence-corrected chi connectivity index (χ3v) is 2.17. The van der Waals surface area contributed by atoms with E-state index >= 15 is 0 Å². The Morgan fingerprint density at radius 3 is 2.11 bits per heavy atom. The Balaban J connectivity index is 0.00000289. The molecule has 0 N–H and O–H groups in total. The Bertz CT molecular complexity index is 261. The standard InChI is InChI=1S/C11H19ClN2O3.ClH/c12-1-5-15-7-9-17-10-8-16-6-4-14-3-2-13-11-14;/h2-3,11H,1,4-10H2;1H. The predicted octanol–water partition coefficient (Wildman–Crippen LogP) is 1.59. The Labute approximate surface area is 119 Å². The summed E-state index contributed by atoms with van der Waals surface area (Å²) in [6.07, 6.45) is 5.44. The molecule has 0 aromatic carbocycles. The van der Waals surface area contributed by atoms with E-state index in [9.17, 15) is 0 Å². The lowest BCUT2D eigenvalue weighted by molar-refractivity contribution is 0.0158. The van der Waals surface area contributed by atoms with Crippen molar-refractivity contribution in [3.05, 3.63) is 18.7 Å². The summed E-state index contributed by atoms with van der Waals surface area (Å²) >= 11 is 5.45. The lowest BCUT2D eigenvalue weighted by atomic mass is 10.6. The first-order chi connectivity index (χ1) is 8.43. The summed E-state index contributed by atoms with van der Waals surface area (Å²) < 4.78 is 17.8. The molecule has 7 heteroatoms. The van der Waals surface area contributed by atoms with Crippen LogP contribution in [0.3, 0.4) is 0 Å². The van der Waals surface area contributed by atoms with Crippen LogP contribution < -0.4 is 0 Å². The second kappa shape index (κ2) is 13.1. The van der Waals surface area contributed by atoms with Gasteiger partial charge in [-0.2, -0.15) is 0 Å². The molecule has 0 saturated carbocycles. The molecule has 1 rings (SSSR count). The zero-order chi connectivity index (χ0) is 12.2. The minimum atomic E-state index is 0. The van der Waals surface area contributed by atoms with Gasteiger partial charge in [0, 0.05) is 24.8 Å². The smallest absolute Gasteiger partial charge is 0.0946 e. The van der Waals surface area contributed by atoms with Crippen LogP contribution in [0.25, 0.3) is 0 Å². The first-order valence-corrected chi connectivity index (χ1v) is 6.22. The fraction of sp³-hybridized carbons (Fsp3) is 0.727. The van der Waals surface area contributed by atoms with Gasteiger partial charge in [0.1, 0.15) is 0 Å². The number of rotatable bonds is 11. The highest BCUT2D eigenvalue weighted by molar-refractivity contribution is 6.17. The number of imidazole rings is 1. The maximum absolute atomic E-state index is 5.45. The summed E-state index contributed by atoms with van der Waals surface area (Å²) in [7, 11) is 0. The number of halogens is 2. The molecule has 1 aromatic heterocycles. The molecular weight excluding hydrogens is 279 g/mol. The number of alkyl halides is 1. The first-order valence-electron chi connectivity index (χ1n) is 5.68. The average Bonchev–Trinajstić information content (AvgIpc) is 2.85. The molecule has 0 bridgehead atoms. The fourth-order valence-electron chi connectivity index (χ4n) is 1.19. The van der Waals surface area contributed by atoms with Crippen molar-refractivity contribution < 1.29 is 14.2 Å². The van der Waals surface area contributed by atoms with Crippen LogP contribution in [0.5, 0.6) is 0 Å². The maximum atomic E-state index is 5.45. The van der Waals surface area contributed by atoms with Crippen molar-refractivity contribution in [1.29, 1.82) is 0 Å². The van der Waals surface area contributed by atoms with Crippen molar-refractivity contribution in [2.75, 3.05) is 45.5 Å². The molecular formula is C11H20Cl2N2O3. The van der Waals surface area contributed by atoms with E-state index < -0.39 is 0 Å². The first kappa shape index (κ1) is 17.7. The number of hydrogen-bond donors (Lipinski definition) is 0. The Hall–Kier alpha value is -0.330. The minimum absolute atomic E-state index is 0. The van der Waals surface area contributed by atoms with Crippen LogP contribution in [0.4, 0.5) is 0 Å². The van der Waals surface area contributed by atoms with Gasteiger partial charge in [-0.05, 0) is 0 Å². The molecule has 106 valence electrons. The topological polar surface area (TPSA) is 45.5 Å². The summed E-state index contributed by atoms with van der Waals surface area (Å²) in [5, 5.41) is 0. The Morgan fingerprint density at radius 2 is 1.56 bits per heavy atom. The highest BCUT2D eigenvalue weighted by Crippen LogP contribution is 1.87. The molecule has 0 saturated heterocycles. The van der Waals surface area contributed by atoms with Crippen LogP contribution in [0.2, 0.25) is 0 Å². The van der Waals surface area contributed by atoms with Crippen LogP contribution in [-0.4, -0.2) is 55.1 Å². The quantitative estimate of drug-likeness (QED) is 0.460. The van der Waals surface area contributed by atoms with Gasteiger partial charge in [0.2, 0.25) is 0 Å². The molecule has 0 aliphatic carbocycles. The van der Waals surface area contributed by atoms with Crippen LogP contribution in [0.15, 0.2) is 18.7 Å². The van der Waals surface area contributed by atoms with E-state index in [1.54, 1.807) is 12.5 Å². The second-order valence-electron chi connectivity index (χ2n) is 3.33. The second-order valence-corrected chi connectivity index (χ2v) is 3.70. The van der Waals surface area contributed by atoms with Crippen molar-refractivity contribution in [1.82, 2.24) is 9.55 Å². The van der Waals surface area contributed by atoms with E-state index in [0.29, 0.717) is 45.5 Å². The van der Waals surface area contributed by atoms with Crippen molar-refractivity contribution in [3.63, 3.8) is 0 Å². The SMILES string of the molecule is Cl.ClCCOCCOCCOCCn1ccnc1. The summed E-state index contributed by atoms with van der Waals surface area (Å²) in [6.45, 7) is 4.43. The summed E-state index contributed by atoms with van der Waals surface area (Å²) in [5.74, 6) is 0.525. The molecule has 0 fully saturated rings. The normalized spacial score (nSPS) is 10.3. The Kier molecular flexibility index (Phi) is 12.9. The molecule has 0 unspecified atom stereocenters. The molecule has 1 heterocycles. The molecule has 0 amide bonds. The zero-order valence-corrected chi connectivity index (χ0v) is 11.9. The van der Waals surface area contributed by atoms with Gasteiger partial charge in [-0.25, -0.2) is 4.98 Å². The maximum Gasteiger partial charge on any atom is 0.0946 e. The van der Waals surface area contributed by atoms with Gasteiger partial charge in [-0.1, -0.05) is 0 Å². The number of hydrogen-bond acceptors (Lipinski definition) is 4. The van der Waals surface area contributed by atoms with E-state index in [2.05, 4.69) is 4.98 Å². The van der Waals surface area contributed by atoms with E-state index in [-0.39, 0.29) is 12.4 Å². The van der Waals surface area contributed by atoms with E-state index in [1.165, 1.54) is 0 Å². The average molecular weight is 299 g/mol. The van der Waals surface area contributed by atoms with E-state index in [1.807, 2.05) is 10.8 Å². The van der Waals surface area contributed by atoms with E-state index in [4.69, 9.17) is 25.8 Å². The molecule has 0 atom stereocenters. The van der Waals surface area contributed by atoms with Gasteiger partial charge in [-0.3, -0.25) is 0 Å². The third kappa shape index (κ3) is 9.67. The van der Waals surface area contributed by atoms with E-state index in [0.717, 1.165) is 6.54 Å². The highest BCUT2D eigenvalue weighted by atomic mass is 35.5. The molecule has 5 nitrogen and oxygen atoms in total. The summed E-state index contributed by atoms with van der Waals surface area (Å²) in [5.41, 5.74) is 0. The van der Waals surface area contributed by atoms with Crippen LogP contribution in [-0.2, 0) is 20.8 Å². The largest absolute Gasteiger partial charge is 0.378 e. The van der Waals surface area contributed by atoms with Gasteiger partial charge in [-0.15, -0.1) is 24.0 Å². The Morgan fingerprint density at radius 1 is 0.944 bits per heavy atom. The summed E-state index contributed by atoms with van der Waals surface area (Å²) in [6, 6.07) is 0. The monoisotopic (exact) mass is 298 g/mol. The molecule has 0 spiro atoms. The van der Waals surface area contributed by atoms with Gasteiger partial charge >= 0.3 is 0 Å². The fourth-order valence-corrected chi connectivity index (χ4v) is 1.29. The molecule has 1 aromatic rings. The number of ether oxygens (including phenoxy) is 3. The number of nitrogens with zero attached hydrogens (tertiary/aromatic N) is 2. The van der Waals surface area contributed by atoms with Gasteiger partial charge in [0.15, 0.2) is 0 Å². The summed E-state index contributed by atoms with van der Waals surface area (Å²) in [4.78, 5) is 3.95.